The highest BCUT2D eigenvalue weighted by molar-refractivity contribution is 5.72. The predicted octanol–water partition coefficient (Wildman–Crippen LogP) is 7.55. The van der Waals surface area contributed by atoms with Gasteiger partial charge in [0.25, 0.3) is 0 Å². The van der Waals surface area contributed by atoms with E-state index in [1.54, 1.807) is 13.0 Å². The minimum atomic E-state index is -0.330. The van der Waals surface area contributed by atoms with Crippen LogP contribution in [0.1, 0.15) is 54.9 Å². The molecule has 0 aliphatic heterocycles. The Bertz CT molecular complexity index is 908. The van der Waals surface area contributed by atoms with E-state index in [-0.39, 0.29) is 11.5 Å². The molecule has 0 bridgehead atoms. The second kappa shape index (κ2) is 13.6. The van der Waals surface area contributed by atoms with Crippen LogP contribution >= 0.6 is 0 Å². The normalized spacial score (nSPS) is 23.7. The molecule has 0 fully saturated rings. The van der Waals surface area contributed by atoms with Crippen molar-refractivity contribution in [2.45, 2.75) is 61.0 Å². The Morgan fingerprint density at radius 1 is 0.844 bits per heavy atom. The fourth-order valence-electron chi connectivity index (χ4n) is 3.73. The standard InChI is InChI=1S/C30H40O2/c1-23(12-8-9-13-24(2)15-11-17-26(4)22-31)14-10-16-25(3)18-19-29-27(5)20-28(32)21-30(29,6)7/h8-20,22,28-29,32H,21H2,1-7H3/b9-8+,14-10+,15-11+,19-18+,23-12+,24-13+,25-16+,26-17+/t28-,29-/m0/s1. The first kappa shape index (κ1) is 27.3. The van der Waals surface area contributed by atoms with Crippen molar-refractivity contribution in [2.24, 2.45) is 11.3 Å². The molecule has 0 aromatic carbocycles. The lowest BCUT2D eigenvalue weighted by molar-refractivity contribution is -0.104. The van der Waals surface area contributed by atoms with Gasteiger partial charge < -0.3 is 5.11 Å². The average Bonchev–Trinajstić information content (AvgIpc) is 2.69. The molecule has 0 aromatic heterocycles. The first-order valence-electron chi connectivity index (χ1n) is 11.3. The summed E-state index contributed by atoms with van der Waals surface area (Å²) in [4.78, 5) is 10.6. The van der Waals surface area contributed by atoms with Gasteiger partial charge in [-0.25, -0.2) is 0 Å². The topological polar surface area (TPSA) is 37.3 Å². The van der Waals surface area contributed by atoms with Gasteiger partial charge in [-0.15, -0.1) is 0 Å². The van der Waals surface area contributed by atoms with E-state index in [9.17, 15) is 9.90 Å². The second-order valence-corrected chi connectivity index (χ2v) is 9.37. The summed E-state index contributed by atoms with van der Waals surface area (Å²) in [6, 6.07) is 0. The summed E-state index contributed by atoms with van der Waals surface area (Å²) in [5, 5.41) is 9.99. The highest BCUT2D eigenvalue weighted by Crippen LogP contribution is 2.41. The van der Waals surface area contributed by atoms with E-state index in [0.717, 1.165) is 18.3 Å². The van der Waals surface area contributed by atoms with Crippen molar-refractivity contribution in [1.82, 2.24) is 0 Å². The number of rotatable bonds is 9. The average molecular weight is 433 g/mol. The van der Waals surface area contributed by atoms with Gasteiger partial charge in [-0.2, -0.15) is 0 Å². The van der Waals surface area contributed by atoms with Gasteiger partial charge in [0.1, 0.15) is 6.29 Å². The van der Waals surface area contributed by atoms with E-state index in [1.165, 1.54) is 16.7 Å². The van der Waals surface area contributed by atoms with Crippen molar-refractivity contribution in [3.8, 4) is 0 Å². The summed E-state index contributed by atoms with van der Waals surface area (Å²) in [6.45, 7) is 14.5. The molecule has 0 saturated heterocycles. The van der Waals surface area contributed by atoms with E-state index in [4.69, 9.17) is 0 Å². The molecule has 0 unspecified atom stereocenters. The number of hydrogen-bond donors (Lipinski definition) is 1. The van der Waals surface area contributed by atoms with Crippen LogP contribution in [0.25, 0.3) is 0 Å². The minimum absolute atomic E-state index is 0.0598. The first-order chi connectivity index (χ1) is 15.0. The fourth-order valence-corrected chi connectivity index (χ4v) is 3.73. The van der Waals surface area contributed by atoms with Crippen LogP contribution in [0, 0.1) is 11.3 Å². The van der Waals surface area contributed by atoms with Crippen molar-refractivity contribution < 1.29 is 9.90 Å². The molecule has 1 rings (SSSR count). The van der Waals surface area contributed by atoms with E-state index >= 15 is 0 Å². The Morgan fingerprint density at radius 3 is 1.81 bits per heavy atom. The number of aliphatic hydroxyl groups excluding tert-OH is 1. The summed E-state index contributed by atoms with van der Waals surface area (Å²) in [7, 11) is 0. The molecule has 2 heteroatoms. The zero-order chi connectivity index (χ0) is 24.1. The van der Waals surface area contributed by atoms with E-state index in [2.05, 4.69) is 71.1 Å². The van der Waals surface area contributed by atoms with Gasteiger partial charge in [0.05, 0.1) is 6.10 Å². The van der Waals surface area contributed by atoms with Crippen molar-refractivity contribution in [3.05, 3.63) is 107 Å². The van der Waals surface area contributed by atoms with Gasteiger partial charge in [-0.05, 0) is 52.0 Å². The number of carbonyl (C=O) groups is 1. The lowest BCUT2D eigenvalue weighted by Gasteiger charge is -2.38. The number of aldehydes is 1. The zero-order valence-electron chi connectivity index (χ0n) is 20.8. The van der Waals surface area contributed by atoms with Gasteiger partial charge in [0, 0.05) is 5.92 Å². The lowest BCUT2D eigenvalue weighted by Crippen LogP contribution is -2.32. The lowest BCUT2D eigenvalue weighted by atomic mass is 9.67. The number of aliphatic hydroxyl groups is 1. The van der Waals surface area contributed by atoms with Crippen molar-refractivity contribution in [1.29, 1.82) is 0 Å². The summed E-state index contributed by atoms with van der Waals surface area (Å²) in [6.07, 6.45) is 27.8. The van der Waals surface area contributed by atoms with Gasteiger partial charge in [-0.1, -0.05) is 115 Å². The van der Waals surface area contributed by atoms with Crippen LogP contribution in [0.3, 0.4) is 0 Å². The maximum atomic E-state index is 10.6. The Balaban J connectivity index is 2.66. The van der Waals surface area contributed by atoms with E-state index in [0.29, 0.717) is 11.5 Å². The molecule has 32 heavy (non-hydrogen) atoms. The third-order valence-corrected chi connectivity index (χ3v) is 5.53. The molecule has 2 nitrogen and oxygen atoms in total. The van der Waals surface area contributed by atoms with Gasteiger partial charge in [0.15, 0.2) is 0 Å². The number of allylic oxidation sites excluding steroid dienone is 17. The molecule has 0 aromatic rings. The van der Waals surface area contributed by atoms with Crippen LogP contribution in [0.4, 0.5) is 0 Å². The van der Waals surface area contributed by atoms with Gasteiger partial charge in [0.2, 0.25) is 0 Å². The Kier molecular flexibility index (Phi) is 11.7. The number of carbonyl (C=O) groups excluding carboxylic acids is 1. The maximum Gasteiger partial charge on any atom is 0.145 e. The second-order valence-electron chi connectivity index (χ2n) is 9.37. The fraction of sp³-hybridized carbons (Fsp3) is 0.367. The zero-order valence-corrected chi connectivity index (χ0v) is 20.8. The minimum Gasteiger partial charge on any atom is -0.389 e. The van der Waals surface area contributed by atoms with Crippen LogP contribution in [-0.2, 0) is 4.79 Å². The van der Waals surface area contributed by atoms with Crippen molar-refractivity contribution in [3.63, 3.8) is 0 Å². The summed E-state index contributed by atoms with van der Waals surface area (Å²) >= 11 is 0. The summed E-state index contributed by atoms with van der Waals surface area (Å²) in [5.41, 5.74) is 5.49. The van der Waals surface area contributed by atoms with Crippen LogP contribution in [-0.4, -0.2) is 17.5 Å². The maximum absolute atomic E-state index is 10.6. The van der Waals surface area contributed by atoms with Gasteiger partial charge in [-0.3, -0.25) is 4.79 Å². The van der Waals surface area contributed by atoms with Crippen LogP contribution in [0.2, 0.25) is 0 Å². The molecule has 172 valence electrons. The third kappa shape index (κ3) is 10.5. The molecule has 0 amide bonds. The monoisotopic (exact) mass is 432 g/mol. The largest absolute Gasteiger partial charge is 0.389 e. The molecule has 1 N–H and O–H groups in total. The van der Waals surface area contributed by atoms with Crippen molar-refractivity contribution >= 4 is 6.29 Å². The molecule has 0 saturated carbocycles. The molecule has 1 aliphatic carbocycles. The summed E-state index contributed by atoms with van der Waals surface area (Å²) < 4.78 is 0. The first-order valence-corrected chi connectivity index (χ1v) is 11.3. The SMILES string of the molecule is CC1=C[C@H](O)CC(C)(C)[C@H]1/C=C/C(C)=C/C=C/C(C)=C/C=C/C=C(C)/C=C/C=C(\C)C=O. The highest BCUT2D eigenvalue weighted by atomic mass is 16.3. The number of hydrogen-bond acceptors (Lipinski definition) is 2. The Hall–Kier alpha value is -2.71. The quantitative estimate of drug-likeness (QED) is 0.177. The third-order valence-electron chi connectivity index (χ3n) is 5.53. The van der Waals surface area contributed by atoms with E-state index < -0.39 is 0 Å². The smallest absolute Gasteiger partial charge is 0.145 e. The molecule has 0 radical (unpaired) electrons. The molecule has 2 atom stereocenters. The summed E-state index contributed by atoms with van der Waals surface area (Å²) in [5.74, 6) is 0.349. The van der Waals surface area contributed by atoms with E-state index in [1.807, 2.05) is 43.4 Å². The molecule has 0 heterocycles. The molecular formula is C30H40O2. The van der Waals surface area contributed by atoms with Gasteiger partial charge >= 0.3 is 0 Å². The highest BCUT2D eigenvalue weighted by Gasteiger charge is 2.34. The Morgan fingerprint density at radius 2 is 1.31 bits per heavy atom. The van der Waals surface area contributed by atoms with Crippen LogP contribution < -0.4 is 0 Å². The van der Waals surface area contributed by atoms with Crippen LogP contribution in [0.5, 0.6) is 0 Å². The van der Waals surface area contributed by atoms with Crippen LogP contribution in [0.15, 0.2) is 107 Å². The predicted molar refractivity (Wildman–Crippen MR) is 139 cm³/mol. The Labute approximate surface area is 195 Å². The molecule has 1 aliphatic rings. The van der Waals surface area contributed by atoms with Crippen molar-refractivity contribution in [2.75, 3.05) is 0 Å². The molecule has 0 spiro atoms. The molecular weight excluding hydrogens is 392 g/mol.